The first-order chi connectivity index (χ1) is 11.9. The molecule has 0 saturated carbocycles. The van der Waals surface area contributed by atoms with Gasteiger partial charge in [0.05, 0.1) is 12.6 Å². The second-order valence-electron chi connectivity index (χ2n) is 8.62. The normalized spacial score (nSPS) is 18.7. The molecule has 1 unspecified atom stereocenters. The fourth-order valence-corrected chi connectivity index (χ4v) is 2.78. The minimum atomic E-state index is -0.855. The number of carbonyl (C=O) groups is 2. The third-order valence-corrected chi connectivity index (χ3v) is 4.94. The molecule has 2 amide bonds. The van der Waals surface area contributed by atoms with E-state index in [9.17, 15) is 14.9 Å². The largest absolute Gasteiger partial charge is 0.444 e. The zero-order valence-electron chi connectivity index (χ0n) is 17.3. The Labute approximate surface area is 157 Å². The van der Waals surface area contributed by atoms with Crippen LogP contribution in [0.15, 0.2) is 0 Å². The first kappa shape index (κ1) is 22.2. The Morgan fingerprint density at radius 3 is 2.23 bits per heavy atom. The van der Waals surface area contributed by atoms with E-state index in [0.717, 1.165) is 25.9 Å². The predicted molar refractivity (Wildman–Crippen MR) is 100 cm³/mol. The molecule has 0 aromatic heterocycles. The molecule has 148 valence electrons. The Morgan fingerprint density at radius 1 is 1.27 bits per heavy atom. The highest BCUT2D eigenvalue weighted by Gasteiger charge is 2.32. The van der Waals surface area contributed by atoms with Crippen molar-refractivity contribution in [1.82, 2.24) is 15.1 Å². The van der Waals surface area contributed by atoms with E-state index < -0.39 is 11.1 Å². The van der Waals surface area contributed by atoms with Gasteiger partial charge in [0.1, 0.15) is 11.1 Å². The molecule has 0 aliphatic carbocycles. The molecule has 26 heavy (non-hydrogen) atoms. The van der Waals surface area contributed by atoms with Crippen molar-refractivity contribution in [1.29, 1.82) is 5.26 Å². The Hall–Kier alpha value is -1.81. The third-order valence-electron chi connectivity index (χ3n) is 4.94. The van der Waals surface area contributed by atoms with Crippen LogP contribution in [0, 0.1) is 17.2 Å². The Morgan fingerprint density at radius 2 is 1.81 bits per heavy atom. The molecular formula is C19H34N4O3. The average molecular weight is 367 g/mol. The maximum absolute atomic E-state index is 12.3. The van der Waals surface area contributed by atoms with Crippen molar-refractivity contribution in [3.05, 3.63) is 0 Å². The zero-order valence-corrected chi connectivity index (χ0v) is 17.3. The van der Waals surface area contributed by atoms with Crippen molar-refractivity contribution in [3.8, 4) is 6.07 Å². The topological polar surface area (TPSA) is 85.7 Å². The van der Waals surface area contributed by atoms with Gasteiger partial charge in [-0.1, -0.05) is 13.8 Å². The number of amides is 2. The lowest BCUT2D eigenvalue weighted by atomic mass is 9.90. The summed E-state index contributed by atoms with van der Waals surface area (Å²) in [6, 6.07) is 2.31. The van der Waals surface area contributed by atoms with Gasteiger partial charge in [-0.25, -0.2) is 4.79 Å². The quantitative estimate of drug-likeness (QED) is 0.807. The summed E-state index contributed by atoms with van der Waals surface area (Å²) in [6.07, 6.45) is 1.28. The monoisotopic (exact) mass is 366 g/mol. The van der Waals surface area contributed by atoms with Crippen molar-refractivity contribution in [3.63, 3.8) is 0 Å². The average Bonchev–Trinajstić information content (AvgIpc) is 2.52. The van der Waals surface area contributed by atoms with Crippen LogP contribution in [-0.4, -0.2) is 65.7 Å². The Balaban J connectivity index is 2.48. The van der Waals surface area contributed by atoms with E-state index in [1.165, 1.54) is 0 Å². The minimum Gasteiger partial charge on any atom is -0.444 e. The van der Waals surface area contributed by atoms with Crippen LogP contribution in [0.2, 0.25) is 0 Å². The fraction of sp³-hybridized carbons (Fsp3) is 0.842. The molecule has 0 bridgehead atoms. The number of nitrogens with zero attached hydrogens (tertiary/aromatic N) is 3. The SMILES string of the molecule is CC(C)C(C)(C#N)NC(=O)CN1CCC(N(C)C(=O)OC(C)(C)C)CC1. The van der Waals surface area contributed by atoms with E-state index in [0.29, 0.717) is 0 Å². The highest BCUT2D eigenvalue weighted by atomic mass is 16.6. The van der Waals surface area contributed by atoms with Gasteiger partial charge >= 0.3 is 6.09 Å². The van der Waals surface area contributed by atoms with E-state index in [2.05, 4.69) is 16.3 Å². The van der Waals surface area contributed by atoms with E-state index in [1.54, 1.807) is 18.9 Å². The molecule has 1 aliphatic rings. The molecule has 1 rings (SSSR count). The van der Waals surface area contributed by atoms with E-state index in [-0.39, 0.29) is 30.5 Å². The molecule has 0 spiro atoms. The number of carbonyl (C=O) groups excluding carboxylic acids is 2. The molecule has 1 saturated heterocycles. The number of likely N-dealkylation sites (tertiary alicyclic amines) is 1. The molecule has 1 aliphatic heterocycles. The van der Waals surface area contributed by atoms with Crippen molar-refractivity contribution >= 4 is 12.0 Å². The number of ether oxygens (including phenoxy) is 1. The predicted octanol–water partition coefficient (Wildman–Crippen LogP) is 2.37. The molecule has 0 aromatic carbocycles. The molecule has 1 atom stereocenters. The summed E-state index contributed by atoms with van der Waals surface area (Å²) < 4.78 is 5.41. The minimum absolute atomic E-state index is 0.0321. The van der Waals surface area contributed by atoms with Crippen molar-refractivity contribution < 1.29 is 14.3 Å². The number of nitrogens with one attached hydrogen (secondary N) is 1. The summed E-state index contributed by atoms with van der Waals surface area (Å²) in [5.41, 5.74) is -1.36. The molecule has 0 aromatic rings. The van der Waals surface area contributed by atoms with Crippen LogP contribution < -0.4 is 5.32 Å². The third kappa shape index (κ3) is 6.49. The zero-order chi connectivity index (χ0) is 20.1. The summed E-state index contributed by atoms with van der Waals surface area (Å²) >= 11 is 0. The standard InChI is InChI=1S/C19H34N4O3/c1-14(2)19(6,13-20)21-16(24)12-23-10-8-15(9-11-23)22(7)17(25)26-18(3,4)5/h14-15H,8-12H2,1-7H3,(H,21,24). The van der Waals surface area contributed by atoms with E-state index >= 15 is 0 Å². The number of hydrogen-bond acceptors (Lipinski definition) is 5. The molecule has 1 N–H and O–H groups in total. The summed E-state index contributed by atoms with van der Waals surface area (Å²) in [5, 5.41) is 12.2. The molecule has 0 radical (unpaired) electrons. The highest BCUT2D eigenvalue weighted by molar-refractivity contribution is 5.79. The van der Waals surface area contributed by atoms with Gasteiger partial charge in [0.15, 0.2) is 0 Å². The summed E-state index contributed by atoms with van der Waals surface area (Å²) in [7, 11) is 1.77. The lowest BCUT2D eigenvalue weighted by molar-refractivity contribution is -0.124. The Bertz CT molecular complexity index is 542. The van der Waals surface area contributed by atoms with Crippen molar-refractivity contribution in [2.75, 3.05) is 26.7 Å². The van der Waals surface area contributed by atoms with Gasteiger partial charge in [0, 0.05) is 26.2 Å². The van der Waals surface area contributed by atoms with Crippen molar-refractivity contribution in [2.24, 2.45) is 5.92 Å². The van der Waals surface area contributed by atoms with Gasteiger partial charge < -0.3 is 15.0 Å². The van der Waals surface area contributed by atoms with Gasteiger partial charge in [0.25, 0.3) is 0 Å². The van der Waals surface area contributed by atoms with Gasteiger partial charge in [-0.15, -0.1) is 0 Å². The van der Waals surface area contributed by atoms with Crippen LogP contribution in [0.3, 0.4) is 0 Å². The van der Waals surface area contributed by atoms with E-state index in [4.69, 9.17) is 4.74 Å². The number of hydrogen-bond donors (Lipinski definition) is 1. The van der Waals surface area contributed by atoms with Crippen LogP contribution in [-0.2, 0) is 9.53 Å². The van der Waals surface area contributed by atoms with Gasteiger partial charge in [-0.05, 0) is 46.5 Å². The van der Waals surface area contributed by atoms with Gasteiger partial charge in [-0.2, -0.15) is 5.26 Å². The summed E-state index contributed by atoms with van der Waals surface area (Å²) in [4.78, 5) is 28.2. The number of piperidine rings is 1. The lowest BCUT2D eigenvalue weighted by Crippen LogP contribution is -2.53. The molecule has 1 heterocycles. The first-order valence-electron chi connectivity index (χ1n) is 9.28. The Kier molecular flexibility index (Phi) is 7.45. The fourth-order valence-electron chi connectivity index (χ4n) is 2.78. The van der Waals surface area contributed by atoms with Crippen molar-refractivity contribution in [2.45, 2.75) is 71.6 Å². The smallest absolute Gasteiger partial charge is 0.410 e. The highest BCUT2D eigenvalue weighted by Crippen LogP contribution is 2.19. The summed E-state index contributed by atoms with van der Waals surface area (Å²) in [6.45, 7) is 12.9. The van der Waals surface area contributed by atoms with Gasteiger partial charge in [0.2, 0.25) is 5.91 Å². The second-order valence-corrected chi connectivity index (χ2v) is 8.62. The molecule has 7 heteroatoms. The molecule has 7 nitrogen and oxygen atoms in total. The first-order valence-corrected chi connectivity index (χ1v) is 9.28. The molecular weight excluding hydrogens is 332 g/mol. The second kappa shape index (κ2) is 8.72. The van der Waals surface area contributed by atoms with Crippen LogP contribution in [0.4, 0.5) is 4.79 Å². The number of rotatable bonds is 5. The summed E-state index contributed by atoms with van der Waals surface area (Å²) in [5.74, 6) is -0.105. The maximum Gasteiger partial charge on any atom is 0.410 e. The van der Waals surface area contributed by atoms with Gasteiger partial charge in [-0.3, -0.25) is 9.69 Å². The van der Waals surface area contributed by atoms with E-state index in [1.807, 2.05) is 34.6 Å². The maximum atomic E-state index is 12.3. The molecule has 1 fully saturated rings. The lowest BCUT2D eigenvalue weighted by Gasteiger charge is -2.37. The van der Waals surface area contributed by atoms with Crippen LogP contribution >= 0.6 is 0 Å². The van der Waals surface area contributed by atoms with Crippen LogP contribution in [0.1, 0.15) is 54.4 Å². The number of nitriles is 1. The van der Waals surface area contributed by atoms with Crippen LogP contribution in [0.5, 0.6) is 0 Å². The van der Waals surface area contributed by atoms with Crippen LogP contribution in [0.25, 0.3) is 0 Å².